The van der Waals surface area contributed by atoms with E-state index in [0.29, 0.717) is 5.75 Å². The SMILES string of the molecule is CC(=O)Oc1cc[n+](C(=C=[N-])C#N)cc1. The number of hydrogen-bond acceptors (Lipinski definition) is 3. The number of rotatable bonds is 2. The van der Waals surface area contributed by atoms with Crippen molar-refractivity contribution < 1.29 is 14.1 Å². The van der Waals surface area contributed by atoms with E-state index in [1.165, 1.54) is 36.0 Å². The van der Waals surface area contributed by atoms with Crippen molar-refractivity contribution in [2.75, 3.05) is 0 Å². The van der Waals surface area contributed by atoms with E-state index in [2.05, 4.69) is 0 Å². The molecule has 0 N–H and O–H groups in total. The van der Waals surface area contributed by atoms with Crippen molar-refractivity contribution >= 4 is 17.5 Å². The van der Waals surface area contributed by atoms with Gasteiger partial charge in [0.05, 0.1) is 0 Å². The van der Waals surface area contributed by atoms with Crippen LogP contribution in [0.1, 0.15) is 6.92 Å². The van der Waals surface area contributed by atoms with Crippen LogP contribution in [0.2, 0.25) is 0 Å². The third-order valence-electron chi connectivity index (χ3n) is 1.53. The van der Waals surface area contributed by atoms with Crippen LogP contribution >= 0.6 is 0 Å². The number of pyridine rings is 1. The predicted molar refractivity (Wildman–Crippen MR) is 51.6 cm³/mol. The van der Waals surface area contributed by atoms with Crippen molar-refractivity contribution in [3.8, 4) is 11.8 Å². The minimum atomic E-state index is -0.419. The van der Waals surface area contributed by atoms with Gasteiger partial charge in [-0.2, -0.15) is 15.7 Å². The summed E-state index contributed by atoms with van der Waals surface area (Å²) in [5.41, 5.74) is -0.0515. The first-order chi connectivity index (χ1) is 7.17. The van der Waals surface area contributed by atoms with Gasteiger partial charge in [0.15, 0.2) is 18.5 Å². The summed E-state index contributed by atoms with van der Waals surface area (Å²) in [7, 11) is 0. The quantitative estimate of drug-likeness (QED) is 0.302. The number of ether oxygens (including phenoxy) is 1. The van der Waals surface area contributed by atoms with Gasteiger partial charge in [-0.25, -0.2) is 0 Å². The van der Waals surface area contributed by atoms with Gasteiger partial charge in [-0.05, 0) is 0 Å². The van der Waals surface area contributed by atoms with Gasteiger partial charge in [0.1, 0.15) is 5.75 Å². The van der Waals surface area contributed by atoms with Gasteiger partial charge in [-0.1, -0.05) is 0 Å². The molecule has 0 saturated heterocycles. The maximum absolute atomic E-state index is 10.6. The van der Waals surface area contributed by atoms with Crippen molar-refractivity contribution in [3.63, 3.8) is 0 Å². The molecule has 0 aliphatic carbocycles. The molecule has 0 aliphatic heterocycles. The zero-order valence-corrected chi connectivity index (χ0v) is 7.97. The summed E-state index contributed by atoms with van der Waals surface area (Å²) in [5, 5.41) is 17.2. The van der Waals surface area contributed by atoms with Crippen molar-refractivity contribution in [2.24, 2.45) is 0 Å². The normalized spacial score (nSPS) is 8.53. The van der Waals surface area contributed by atoms with Gasteiger partial charge in [-0.3, -0.25) is 4.79 Å². The molecule has 1 heterocycles. The van der Waals surface area contributed by atoms with Crippen molar-refractivity contribution in [3.05, 3.63) is 29.9 Å². The molecule has 0 fully saturated rings. The number of nitrogens with zero attached hydrogens (tertiary/aromatic N) is 3. The molecule has 0 saturated carbocycles. The molecule has 15 heavy (non-hydrogen) atoms. The van der Waals surface area contributed by atoms with Gasteiger partial charge in [0.2, 0.25) is 0 Å². The average molecular weight is 201 g/mol. The van der Waals surface area contributed by atoms with E-state index in [9.17, 15) is 4.79 Å². The fourth-order valence-corrected chi connectivity index (χ4v) is 0.936. The molecule has 74 valence electrons. The molecule has 0 spiro atoms. The Kier molecular flexibility index (Phi) is 3.33. The van der Waals surface area contributed by atoms with Gasteiger partial charge in [0.25, 0.3) is 0 Å². The third kappa shape index (κ3) is 2.76. The Bertz CT molecular complexity index is 464. The number of allylic oxidation sites excluding steroid dienone is 1. The second-order valence-corrected chi connectivity index (χ2v) is 2.61. The maximum Gasteiger partial charge on any atom is 0.309 e. The van der Waals surface area contributed by atoms with Crippen molar-refractivity contribution in [2.45, 2.75) is 6.92 Å². The Morgan fingerprint density at radius 3 is 2.53 bits per heavy atom. The molecule has 0 bridgehead atoms. The number of nitriles is 1. The fraction of sp³-hybridized carbons (Fsp3) is 0.100. The van der Waals surface area contributed by atoms with E-state index in [4.69, 9.17) is 15.4 Å². The van der Waals surface area contributed by atoms with Gasteiger partial charge >= 0.3 is 11.7 Å². The van der Waals surface area contributed by atoms with E-state index in [0.717, 1.165) is 0 Å². The standard InChI is InChI=1S/C10H7N3O2/c1-8(14)15-10-2-4-13(5-3-10)9(6-11)7-12/h2-5H,1H3. The highest BCUT2D eigenvalue weighted by Crippen LogP contribution is 2.06. The molecule has 1 aromatic heterocycles. The highest BCUT2D eigenvalue weighted by atomic mass is 16.5. The van der Waals surface area contributed by atoms with Crippen LogP contribution < -0.4 is 9.30 Å². The van der Waals surface area contributed by atoms with Crippen molar-refractivity contribution in [1.82, 2.24) is 0 Å². The minimum absolute atomic E-state index is 0.0515. The Hall–Kier alpha value is -2.44. The Morgan fingerprint density at radius 2 is 2.13 bits per heavy atom. The van der Waals surface area contributed by atoms with E-state index in [1.807, 2.05) is 0 Å². The summed E-state index contributed by atoms with van der Waals surface area (Å²) in [6.07, 6.45) is 2.94. The second-order valence-electron chi connectivity index (χ2n) is 2.61. The molecule has 0 radical (unpaired) electrons. The molecule has 0 aliphatic rings. The van der Waals surface area contributed by atoms with Crippen LogP contribution in [0.15, 0.2) is 24.5 Å². The second kappa shape index (κ2) is 4.70. The molecule has 1 rings (SSSR count). The first-order valence-corrected chi connectivity index (χ1v) is 4.04. The predicted octanol–water partition coefficient (Wildman–Crippen LogP) is 0.503. The molecular formula is C10H7N3O2. The molecule has 5 nitrogen and oxygen atoms in total. The molecule has 5 heteroatoms. The molecule has 1 aromatic rings. The fourth-order valence-electron chi connectivity index (χ4n) is 0.936. The van der Waals surface area contributed by atoms with E-state index in [-0.39, 0.29) is 5.70 Å². The highest BCUT2D eigenvalue weighted by Gasteiger charge is 2.07. The van der Waals surface area contributed by atoms with E-state index in [1.54, 1.807) is 11.9 Å². The van der Waals surface area contributed by atoms with Crippen LogP contribution in [0, 0.1) is 11.3 Å². The van der Waals surface area contributed by atoms with E-state index >= 15 is 0 Å². The number of aromatic nitrogens is 1. The van der Waals surface area contributed by atoms with Crippen LogP contribution in [0.3, 0.4) is 0 Å². The van der Waals surface area contributed by atoms with Crippen LogP contribution in [-0.4, -0.2) is 11.8 Å². The topological polar surface area (TPSA) is 76.3 Å². The lowest BCUT2D eigenvalue weighted by Crippen LogP contribution is -2.30. The first kappa shape index (κ1) is 10.6. The summed E-state index contributed by atoms with van der Waals surface area (Å²) in [5.74, 6) is 1.69. The smallest absolute Gasteiger partial charge is 0.309 e. The lowest BCUT2D eigenvalue weighted by molar-refractivity contribution is -0.576. The highest BCUT2D eigenvalue weighted by molar-refractivity contribution is 5.84. The summed E-state index contributed by atoms with van der Waals surface area (Å²) in [6.45, 7) is 1.29. The monoisotopic (exact) mass is 201 g/mol. The Labute approximate surface area is 86.3 Å². The zero-order valence-electron chi connectivity index (χ0n) is 7.97. The van der Waals surface area contributed by atoms with E-state index < -0.39 is 5.97 Å². The van der Waals surface area contributed by atoms with Crippen LogP contribution in [-0.2, 0) is 4.79 Å². The number of carbonyl (C=O) groups excluding carboxylic acids is 1. The van der Waals surface area contributed by atoms with Crippen LogP contribution in [0.4, 0.5) is 0 Å². The summed E-state index contributed by atoms with van der Waals surface area (Å²) in [4.78, 5) is 10.6. The van der Waals surface area contributed by atoms with Gasteiger partial charge < -0.3 is 10.1 Å². The molecule has 0 amide bonds. The Balaban J connectivity index is 2.96. The number of hydrogen-bond donors (Lipinski definition) is 0. The minimum Gasteiger partial charge on any atom is -0.757 e. The maximum atomic E-state index is 10.6. The number of esters is 1. The molecule has 0 atom stereocenters. The number of carbonyl (C=O) groups is 1. The summed E-state index contributed by atoms with van der Waals surface area (Å²) in [6, 6.07) is 4.73. The largest absolute Gasteiger partial charge is 0.757 e. The Morgan fingerprint density at radius 1 is 1.53 bits per heavy atom. The average Bonchev–Trinajstić information content (AvgIpc) is 2.21. The molecular weight excluding hydrogens is 194 g/mol. The molecule has 0 unspecified atom stereocenters. The zero-order chi connectivity index (χ0) is 11.3. The van der Waals surface area contributed by atoms with Gasteiger partial charge in [-0.15, -0.1) is 0 Å². The first-order valence-electron chi connectivity index (χ1n) is 4.04. The lowest BCUT2D eigenvalue weighted by Gasteiger charge is -1.98. The molecule has 0 aromatic carbocycles. The summed E-state index contributed by atoms with van der Waals surface area (Å²) < 4.78 is 6.13. The summed E-state index contributed by atoms with van der Waals surface area (Å²) >= 11 is 0. The van der Waals surface area contributed by atoms with Crippen molar-refractivity contribution in [1.29, 1.82) is 5.26 Å². The lowest BCUT2D eigenvalue weighted by atomic mass is 10.4. The van der Waals surface area contributed by atoms with Crippen LogP contribution in [0.5, 0.6) is 5.75 Å². The third-order valence-corrected chi connectivity index (χ3v) is 1.53. The van der Waals surface area contributed by atoms with Gasteiger partial charge in [0, 0.05) is 19.1 Å². The van der Waals surface area contributed by atoms with Crippen LogP contribution in [0.25, 0.3) is 11.1 Å².